The fourth-order valence-corrected chi connectivity index (χ4v) is 6.02. The Morgan fingerprint density at radius 2 is 1.70 bits per heavy atom. The average molecular weight is 623 g/mol. The number of carbonyl (C=O) groups is 1. The Kier molecular flexibility index (Phi) is 9.00. The molecule has 0 bridgehead atoms. The lowest BCUT2D eigenvalue weighted by Gasteiger charge is -2.25. The molecule has 2 heterocycles. The molecule has 0 saturated carbocycles. The number of rotatable bonds is 8. The minimum atomic E-state index is -4.75. The van der Waals surface area contributed by atoms with Crippen LogP contribution in [0.25, 0.3) is 17.1 Å². The minimum Gasteiger partial charge on any atom is -0.406 e. The van der Waals surface area contributed by atoms with Crippen LogP contribution < -0.4 is 15.0 Å². The zero-order chi connectivity index (χ0) is 31.5. The molecule has 0 aliphatic carbocycles. The maximum Gasteiger partial charge on any atom is 0.573 e. The molecule has 12 heteroatoms. The van der Waals surface area contributed by atoms with Crippen molar-refractivity contribution in [1.82, 2.24) is 20.1 Å². The van der Waals surface area contributed by atoms with Gasteiger partial charge in [-0.1, -0.05) is 68.1 Å². The highest BCUT2D eigenvalue weighted by molar-refractivity contribution is 8.14. The van der Waals surface area contributed by atoms with Gasteiger partial charge in [0.1, 0.15) is 12.1 Å². The van der Waals surface area contributed by atoms with Crippen molar-refractivity contribution in [2.75, 3.05) is 23.7 Å². The monoisotopic (exact) mass is 622 g/mol. The van der Waals surface area contributed by atoms with Crippen molar-refractivity contribution in [2.24, 2.45) is 10.4 Å². The number of ether oxygens (including phenoxy) is 1. The molecule has 5 rings (SSSR count). The Labute approximate surface area is 258 Å². The first-order valence-electron chi connectivity index (χ1n) is 14.1. The molecular formula is C32H33F3N6O2S. The smallest absolute Gasteiger partial charge is 0.406 e. The van der Waals surface area contributed by atoms with E-state index in [1.807, 2.05) is 30.3 Å². The number of nitrogens with one attached hydrogen (secondary N) is 1. The number of urea groups is 1. The summed E-state index contributed by atoms with van der Waals surface area (Å²) in [6.07, 6.45) is -2.52. The van der Waals surface area contributed by atoms with E-state index < -0.39 is 6.36 Å². The molecule has 0 atom stereocenters. The van der Waals surface area contributed by atoms with Crippen LogP contribution in [-0.2, 0) is 6.42 Å². The van der Waals surface area contributed by atoms with E-state index in [0.717, 1.165) is 51.8 Å². The number of aryl methyl sites for hydroxylation is 2. The third-order valence-electron chi connectivity index (χ3n) is 7.12. The second-order valence-electron chi connectivity index (χ2n) is 11.4. The molecule has 1 fully saturated rings. The van der Waals surface area contributed by atoms with E-state index in [4.69, 9.17) is 0 Å². The number of carbonyl (C=O) groups excluding carboxylic acids is 1. The largest absolute Gasteiger partial charge is 0.573 e. The Morgan fingerprint density at radius 1 is 1.02 bits per heavy atom. The Hall–Kier alpha value is -4.32. The number of amidine groups is 1. The Morgan fingerprint density at radius 3 is 2.36 bits per heavy atom. The van der Waals surface area contributed by atoms with Gasteiger partial charge in [-0.15, -0.1) is 18.3 Å². The van der Waals surface area contributed by atoms with Gasteiger partial charge in [0.25, 0.3) is 0 Å². The summed E-state index contributed by atoms with van der Waals surface area (Å²) in [4.78, 5) is 23.7. The molecule has 0 spiro atoms. The van der Waals surface area contributed by atoms with Crippen LogP contribution in [0.4, 0.5) is 23.7 Å². The van der Waals surface area contributed by atoms with E-state index in [-0.39, 0.29) is 17.2 Å². The summed E-state index contributed by atoms with van der Waals surface area (Å²) in [6, 6.07) is 19.1. The zero-order valence-corrected chi connectivity index (χ0v) is 25.7. The average Bonchev–Trinajstić information content (AvgIpc) is 3.62. The Bertz CT molecular complexity index is 1630. The van der Waals surface area contributed by atoms with Gasteiger partial charge in [-0.3, -0.25) is 0 Å². The first-order valence-corrected chi connectivity index (χ1v) is 15.1. The number of hydrogen-bond donors (Lipinski definition) is 1. The number of nitrogens with zero attached hydrogens (tertiary/aromatic N) is 5. The number of para-hydroxylation sites is 1. The number of hydrogen-bond acceptors (Lipinski definition) is 5. The van der Waals surface area contributed by atoms with Gasteiger partial charge < -0.3 is 15.0 Å². The third kappa shape index (κ3) is 7.79. The van der Waals surface area contributed by atoms with Crippen molar-refractivity contribution in [3.63, 3.8) is 0 Å². The maximum atomic E-state index is 12.8. The van der Waals surface area contributed by atoms with E-state index >= 15 is 0 Å². The fraction of sp³-hybridized carbons (Fsp3) is 0.312. The van der Waals surface area contributed by atoms with Crippen molar-refractivity contribution in [3.05, 3.63) is 89.7 Å². The van der Waals surface area contributed by atoms with Crippen LogP contribution in [0.15, 0.2) is 78.0 Å². The quantitative estimate of drug-likeness (QED) is 0.221. The second kappa shape index (κ2) is 12.7. The highest BCUT2D eigenvalue weighted by Gasteiger charge is 2.31. The molecule has 1 aliphatic heterocycles. The molecular weight excluding hydrogens is 589 g/mol. The van der Waals surface area contributed by atoms with E-state index in [1.165, 1.54) is 35.3 Å². The number of thioether (sulfide) groups is 1. The Balaban J connectivity index is 1.17. The predicted octanol–water partition coefficient (Wildman–Crippen LogP) is 7.34. The number of aromatic nitrogens is 3. The van der Waals surface area contributed by atoms with Crippen molar-refractivity contribution >= 4 is 28.6 Å². The van der Waals surface area contributed by atoms with Gasteiger partial charge >= 0.3 is 12.4 Å². The molecule has 2 amide bonds. The lowest BCUT2D eigenvalue weighted by atomic mass is 9.85. The summed E-state index contributed by atoms with van der Waals surface area (Å²) in [5.41, 5.74) is 5.64. The van der Waals surface area contributed by atoms with Crippen LogP contribution in [0.5, 0.6) is 5.75 Å². The lowest BCUT2D eigenvalue weighted by molar-refractivity contribution is -0.274. The molecule has 1 aromatic heterocycles. The van der Waals surface area contributed by atoms with Crippen molar-refractivity contribution in [2.45, 2.75) is 40.5 Å². The number of anilines is 1. The standard InChI is InChI=1S/C32H33F3N6O2S/c1-21-6-5-7-22(2)27(21)40-16-17-44-30(40)38-29(42)36-19-31(3,4)18-23-8-10-24(11-9-23)28-37-20-41(39-28)25-12-14-26(15-13-25)43-32(33,34)35/h5-15,20H,16-19H2,1-4H3,(H,36,42). The van der Waals surface area contributed by atoms with Crippen molar-refractivity contribution < 1.29 is 22.7 Å². The maximum absolute atomic E-state index is 12.8. The first kappa shape index (κ1) is 31.1. The van der Waals surface area contributed by atoms with E-state index in [1.54, 1.807) is 11.8 Å². The summed E-state index contributed by atoms with van der Waals surface area (Å²) in [7, 11) is 0. The molecule has 44 heavy (non-hydrogen) atoms. The number of halogens is 3. The van der Waals surface area contributed by atoms with Crippen LogP contribution >= 0.6 is 11.8 Å². The van der Waals surface area contributed by atoms with Gasteiger partial charge in [-0.05, 0) is 66.6 Å². The summed E-state index contributed by atoms with van der Waals surface area (Å²) in [5.74, 6) is 1.06. The van der Waals surface area contributed by atoms with Crippen molar-refractivity contribution in [3.8, 4) is 22.8 Å². The van der Waals surface area contributed by atoms with Crippen LogP contribution in [0, 0.1) is 19.3 Å². The number of benzene rings is 3. The van der Waals surface area contributed by atoms with E-state index in [0.29, 0.717) is 18.1 Å². The van der Waals surface area contributed by atoms with Gasteiger partial charge in [-0.2, -0.15) is 4.99 Å². The second-order valence-corrected chi connectivity index (χ2v) is 12.4. The molecule has 0 radical (unpaired) electrons. The summed E-state index contributed by atoms with van der Waals surface area (Å²) in [5, 5.41) is 8.17. The van der Waals surface area contributed by atoms with Crippen LogP contribution in [0.2, 0.25) is 0 Å². The summed E-state index contributed by atoms with van der Waals surface area (Å²) < 4.78 is 42.7. The molecule has 1 saturated heterocycles. The van der Waals surface area contributed by atoms with Gasteiger partial charge in [-0.25, -0.2) is 14.5 Å². The lowest BCUT2D eigenvalue weighted by Crippen LogP contribution is -2.35. The highest BCUT2D eigenvalue weighted by atomic mass is 32.2. The summed E-state index contributed by atoms with van der Waals surface area (Å²) in [6.45, 7) is 9.60. The molecule has 1 N–H and O–H groups in total. The van der Waals surface area contributed by atoms with Gasteiger partial charge in [0.2, 0.25) is 0 Å². The predicted molar refractivity (Wildman–Crippen MR) is 168 cm³/mol. The zero-order valence-electron chi connectivity index (χ0n) is 24.9. The molecule has 4 aromatic rings. The van der Waals surface area contributed by atoms with Gasteiger partial charge in [0, 0.05) is 30.1 Å². The normalized spacial score (nSPS) is 14.7. The van der Waals surface area contributed by atoms with Crippen LogP contribution in [0.1, 0.15) is 30.5 Å². The molecule has 0 unspecified atom stereocenters. The molecule has 3 aromatic carbocycles. The fourth-order valence-electron chi connectivity index (χ4n) is 5.08. The van der Waals surface area contributed by atoms with Crippen LogP contribution in [-0.4, -0.2) is 51.2 Å². The molecule has 8 nitrogen and oxygen atoms in total. The molecule has 230 valence electrons. The SMILES string of the molecule is Cc1cccc(C)c1N1CCSC1=NC(=O)NCC(C)(C)Cc1ccc(-c2ncn(-c3ccc(OC(F)(F)F)cc3)n2)cc1. The summed E-state index contributed by atoms with van der Waals surface area (Å²) >= 11 is 1.59. The topological polar surface area (TPSA) is 84.6 Å². The van der Waals surface area contributed by atoms with Crippen LogP contribution in [0.3, 0.4) is 0 Å². The number of amides is 2. The van der Waals surface area contributed by atoms with Gasteiger partial charge in [0.05, 0.1) is 5.69 Å². The third-order valence-corrected chi connectivity index (χ3v) is 8.08. The van der Waals surface area contributed by atoms with Crippen molar-refractivity contribution in [1.29, 1.82) is 0 Å². The first-order chi connectivity index (χ1) is 20.9. The number of aliphatic imine (C=N–C) groups is 1. The molecule has 1 aliphatic rings. The minimum absolute atomic E-state index is 0.228. The van der Waals surface area contributed by atoms with Gasteiger partial charge in [0.15, 0.2) is 11.0 Å². The van der Waals surface area contributed by atoms with E-state index in [9.17, 15) is 18.0 Å². The highest BCUT2D eigenvalue weighted by Crippen LogP contribution is 2.31. The number of alkyl halides is 3. The van der Waals surface area contributed by atoms with E-state index in [2.05, 4.69) is 69.9 Å².